The van der Waals surface area contributed by atoms with E-state index >= 15 is 0 Å². The molecule has 5 heterocycles. The van der Waals surface area contributed by atoms with E-state index in [2.05, 4.69) is 45.0 Å². The molecule has 2 saturated heterocycles. The Labute approximate surface area is 226 Å². The first kappa shape index (κ1) is 26.4. The standard InChI is InChI=1S/C18H22N4O3.C9H11N5/c1-24-16-12-20-17(21-13-16)14-3-2-4-15(11-14)18(23)19-5-6-22-7-9-25-10-8-22;1-2-4-14(3-1)9-7-8(11-5-10-7)12-6-13-9/h2-4,11-13H,5-10H2,1H3,(H,19,23);5-6H,1-4H2,(H,10,11,12,13). The molecule has 0 radical (unpaired) electrons. The van der Waals surface area contributed by atoms with Crippen LogP contribution in [0.1, 0.15) is 23.2 Å². The molecule has 0 atom stereocenters. The van der Waals surface area contributed by atoms with Crippen LogP contribution in [0.5, 0.6) is 5.75 Å². The van der Waals surface area contributed by atoms with Gasteiger partial charge in [-0.2, -0.15) is 0 Å². The van der Waals surface area contributed by atoms with Crippen LogP contribution in [0.4, 0.5) is 5.82 Å². The molecule has 12 heteroatoms. The van der Waals surface area contributed by atoms with Crippen LogP contribution in [0.2, 0.25) is 0 Å². The Morgan fingerprint density at radius 2 is 1.85 bits per heavy atom. The van der Waals surface area contributed by atoms with Gasteiger partial charge in [0.1, 0.15) is 11.8 Å². The third kappa shape index (κ3) is 6.84. The number of ether oxygens (including phenoxy) is 2. The molecule has 2 aliphatic heterocycles. The first-order valence-corrected chi connectivity index (χ1v) is 13.1. The number of nitrogens with one attached hydrogen (secondary N) is 2. The fourth-order valence-corrected chi connectivity index (χ4v) is 4.55. The number of hydrogen-bond donors (Lipinski definition) is 2. The molecule has 1 amide bonds. The van der Waals surface area contributed by atoms with E-state index in [4.69, 9.17) is 9.47 Å². The maximum Gasteiger partial charge on any atom is 0.251 e. The van der Waals surface area contributed by atoms with E-state index < -0.39 is 0 Å². The Kier molecular flexibility index (Phi) is 8.86. The van der Waals surface area contributed by atoms with Gasteiger partial charge >= 0.3 is 0 Å². The van der Waals surface area contributed by atoms with Gasteiger partial charge in [-0.15, -0.1) is 0 Å². The number of hydrogen-bond acceptors (Lipinski definition) is 10. The van der Waals surface area contributed by atoms with Crippen molar-refractivity contribution in [3.05, 3.63) is 54.9 Å². The summed E-state index contributed by atoms with van der Waals surface area (Å²) in [5.41, 5.74) is 3.10. The van der Waals surface area contributed by atoms with Gasteiger partial charge in [-0.1, -0.05) is 12.1 Å². The molecule has 4 aromatic rings. The monoisotopic (exact) mass is 531 g/mol. The highest BCUT2D eigenvalue weighted by molar-refractivity contribution is 5.95. The first-order chi connectivity index (χ1) is 19.2. The number of aromatic nitrogens is 6. The number of anilines is 1. The van der Waals surface area contributed by atoms with Crippen molar-refractivity contribution < 1.29 is 14.3 Å². The second kappa shape index (κ2) is 13.1. The number of rotatable bonds is 7. The lowest BCUT2D eigenvalue weighted by Crippen LogP contribution is -2.41. The van der Waals surface area contributed by atoms with Crippen LogP contribution in [0.25, 0.3) is 22.6 Å². The van der Waals surface area contributed by atoms with Gasteiger partial charge in [0.2, 0.25) is 0 Å². The molecule has 0 saturated carbocycles. The fourth-order valence-electron chi connectivity index (χ4n) is 4.55. The van der Waals surface area contributed by atoms with Crippen LogP contribution < -0.4 is 15.0 Å². The van der Waals surface area contributed by atoms with Crippen molar-refractivity contribution in [1.82, 2.24) is 40.1 Å². The third-order valence-corrected chi connectivity index (χ3v) is 6.67. The molecule has 0 unspecified atom stereocenters. The molecule has 2 aliphatic rings. The number of aromatic amines is 1. The highest BCUT2D eigenvalue weighted by atomic mass is 16.5. The fraction of sp³-hybridized carbons (Fsp3) is 0.407. The van der Waals surface area contributed by atoms with Gasteiger partial charge in [0, 0.05) is 50.4 Å². The van der Waals surface area contributed by atoms with Crippen LogP contribution in [-0.4, -0.2) is 100 Å². The van der Waals surface area contributed by atoms with Crippen LogP contribution >= 0.6 is 0 Å². The average molecular weight is 532 g/mol. The van der Waals surface area contributed by atoms with E-state index in [0.717, 1.165) is 68.5 Å². The Morgan fingerprint density at radius 3 is 2.62 bits per heavy atom. The summed E-state index contributed by atoms with van der Waals surface area (Å²) in [5.74, 6) is 2.05. The zero-order valence-corrected chi connectivity index (χ0v) is 22.0. The molecule has 0 bridgehead atoms. The van der Waals surface area contributed by atoms with Crippen molar-refractivity contribution in [1.29, 1.82) is 0 Å². The van der Waals surface area contributed by atoms with Gasteiger partial charge in [0.05, 0.1) is 39.0 Å². The second-order valence-corrected chi connectivity index (χ2v) is 9.23. The van der Waals surface area contributed by atoms with Gasteiger partial charge in [-0.05, 0) is 25.0 Å². The molecule has 39 heavy (non-hydrogen) atoms. The summed E-state index contributed by atoms with van der Waals surface area (Å²) < 4.78 is 10.4. The molecule has 0 aliphatic carbocycles. The molecule has 2 fully saturated rings. The Morgan fingerprint density at radius 1 is 1.05 bits per heavy atom. The smallest absolute Gasteiger partial charge is 0.251 e. The zero-order valence-electron chi connectivity index (χ0n) is 22.0. The second-order valence-electron chi connectivity index (χ2n) is 9.23. The number of nitrogens with zero attached hydrogens (tertiary/aromatic N) is 7. The molecule has 204 valence electrons. The summed E-state index contributed by atoms with van der Waals surface area (Å²) in [6, 6.07) is 7.30. The Balaban J connectivity index is 0.000000184. The van der Waals surface area contributed by atoms with Gasteiger partial charge in [0.25, 0.3) is 5.91 Å². The van der Waals surface area contributed by atoms with Gasteiger partial charge in [0.15, 0.2) is 23.0 Å². The number of fused-ring (bicyclic) bond motifs is 1. The van der Waals surface area contributed by atoms with E-state index in [1.807, 2.05) is 12.1 Å². The van der Waals surface area contributed by atoms with Crippen LogP contribution in [0.15, 0.2) is 49.3 Å². The van der Waals surface area contributed by atoms with Crippen molar-refractivity contribution in [3.63, 3.8) is 0 Å². The average Bonchev–Trinajstić information content (AvgIpc) is 3.71. The SMILES string of the molecule is COc1cnc(-c2cccc(C(=O)NCCN3CCOCC3)c2)nc1.c1nc(N2CCCC2)c2[nH]cnc2n1. The lowest BCUT2D eigenvalue weighted by atomic mass is 10.1. The predicted octanol–water partition coefficient (Wildman–Crippen LogP) is 2.17. The van der Waals surface area contributed by atoms with Crippen LogP contribution in [-0.2, 0) is 4.74 Å². The molecule has 1 aromatic carbocycles. The van der Waals surface area contributed by atoms with E-state index in [-0.39, 0.29) is 5.91 Å². The molecule has 12 nitrogen and oxygen atoms in total. The quantitative estimate of drug-likeness (QED) is 0.365. The molecular formula is C27H33N9O3. The van der Waals surface area contributed by atoms with E-state index in [9.17, 15) is 4.79 Å². The van der Waals surface area contributed by atoms with Gasteiger partial charge in [-0.25, -0.2) is 24.9 Å². The number of morpholine rings is 1. The Hall–Kier alpha value is -4.16. The topological polar surface area (TPSA) is 134 Å². The number of H-pyrrole nitrogens is 1. The number of amides is 1. The summed E-state index contributed by atoms with van der Waals surface area (Å²) in [6.07, 6.45) is 8.96. The highest BCUT2D eigenvalue weighted by Gasteiger charge is 2.17. The predicted molar refractivity (Wildman–Crippen MR) is 147 cm³/mol. The third-order valence-electron chi connectivity index (χ3n) is 6.67. The van der Waals surface area contributed by atoms with Gasteiger partial charge in [-0.3, -0.25) is 9.69 Å². The maximum atomic E-state index is 12.4. The van der Waals surface area contributed by atoms with Crippen molar-refractivity contribution in [2.24, 2.45) is 0 Å². The lowest BCUT2D eigenvalue weighted by Gasteiger charge is -2.26. The first-order valence-electron chi connectivity index (χ1n) is 13.1. The number of carbonyl (C=O) groups is 1. The summed E-state index contributed by atoms with van der Waals surface area (Å²) in [6.45, 7) is 6.98. The molecule has 2 N–H and O–H groups in total. The molecule has 3 aromatic heterocycles. The number of benzene rings is 1. The normalized spacial score (nSPS) is 15.6. The van der Waals surface area contributed by atoms with E-state index in [1.165, 1.54) is 12.8 Å². The minimum atomic E-state index is -0.0939. The Bertz CT molecular complexity index is 1350. The number of methoxy groups -OCH3 is 1. The zero-order chi connectivity index (χ0) is 26.9. The minimum Gasteiger partial charge on any atom is -0.494 e. The lowest BCUT2D eigenvalue weighted by molar-refractivity contribution is 0.0383. The summed E-state index contributed by atoms with van der Waals surface area (Å²) >= 11 is 0. The van der Waals surface area contributed by atoms with E-state index in [0.29, 0.717) is 23.7 Å². The van der Waals surface area contributed by atoms with Gasteiger partial charge < -0.3 is 24.7 Å². The number of carbonyl (C=O) groups excluding carboxylic acids is 1. The highest BCUT2D eigenvalue weighted by Crippen LogP contribution is 2.23. The van der Waals surface area contributed by atoms with Crippen molar-refractivity contribution in [2.75, 3.05) is 64.5 Å². The van der Waals surface area contributed by atoms with E-state index in [1.54, 1.807) is 44.3 Å². The van der Waals surface area contributed by atoms with Crippen LogP contribution in [0.3, 0.4) is 0 Å². The minimum absolute atomic E-state index is 0.0939. The molecule has 6 rings (SSSR count). The molecular weight excluding hydrogens is 498 g/mol. The maximum absolute atomic E-state index is 12.4. The molecule has 0 spiro atoms. The van der Waals surface area contributed by atoms with Crippen molar-refractivity contribution in [2.45, 2.75) is 12.8 Å². The largest absolute Gasteiger partial charge is 0.494 e. The van der Waals surface area contributed by atoms with Crippen molar-refractivity contribution in [3.8, 4) is 17.1 Å². The van der Waals surface area contributed by atoms with Crippen LogP contribution in [0, 0.1) is 0 Å². The van der Waals surface area contributed by atoms with Crippen molar-refractivity contribution >= 4 is 22.9 Å². The number of imidazole rings is 1. The summed E-state index contributed by atoms with van der Waals surface area (Å²) in [5, 5.41) is 2.96. The summed E-state index contributed by atoms with van der Waals surface area (Å²) in [7, 11) is 1.57. The summed E-state index contributed by atoms with van der Waals surface area (Å²) in [4.78, 5) is 41.0.